The van der Waals surface area contributed by atoms with E-state index < -0.39 is 6.10 Å². The number of Topliss-reactive ketones (excluding diaryl/α,β-unsaturated/α-hetero) is 1. The van der Waals surface area contributed by atoms with Crippen LogP contribution in [0.2, 0.25) is 0 Å². The van der Waals surface area contributed by atoms with E-state index in [0.29, 0.717) is 42.9 Å². The predicted octanol–water partition coefficient (Wildman–Crippen LogP) is 4.86. The lowest BCUT2D eigenvalue weighted by Crippen LogP contribution is -2.38. The first kappa shape index (κ1) is 29.4. The summed E-state index contributed by atoms with van der Waals surface area (Å²) < 4.78 is 22.6. The molecule has 1 saturated heterocycles. The summed E-state index contributed by atoms with van der Waals surface area (Å²) in [5.74, 6) is 1.15. The molecule has 0 radical (unpaired) electrons. The highest BCUT2D eigenvalue weighted by atomic mass is 16.6. The van der Waals surface area contributed by atoms with E-state index in [1.165, 1.54) is 0 Å². The first-order valence-corrected chi connectivity index (χ1v) is 14.0. The molecule has 2 aliphatic rings. The minimum absolute atomic E-state index is 0.258. The molecule has 8 heteroatoms. The van der Waals surface area contributed by atoms with Gasteiger partial charge in [-0.15, -0.1) is 0 Å². The molecule has 0 bridgehead atoms. The molecule has 1 aromatic carbocycles. The highest BCUT2D eigenvalue weighted by Crippen LogP contribution is 2.41. The molecule has 1 aromatic rings. The molecule has 208 valence electrons. The van der Waals surface area contributed by atoms with E-state index in [1.54, 1.807) is 20.1 Å². The second-order valence-electron chi connectivity index (χ2n) is 10.2. The molecule has 8 nitrogen and oxygen atoms in total. The van der Waals surface area contributed by atoms with Crippen LogP contribution in [0, 0.1) is 0 Å². The van der Waals surface area contributed by atoms with Gasteiger partial charge >= 0.3 is 5.97 Å². The van der Waals surface area contributed by atoms with Crippen molar-refractivity contribution in [3.05, 3.63) is 23.3 Å². The number of fused-ring (bicyclic) bond motifs is 1. The van der Waals surface area contributed by atoms with Gasteiger partial charge in [-0.2, -0.15) is 0 Å². The van der Waals surface area contributed by atoms with Gasteiger partial charge in [-0.05, 0) is 38.7 Å². The number of cyclic esters (lactones) is 1. The van der Waals surface area contributed by atoms with Gasteiger partial charge in [0.2, 0.25) is 0 Å². The lowest BCUT2D eigenvalue weighted by atomic mass is 9.98. The lowest BCUT2D eigenvalue weighted by Gasteiger charge is -2.26. The van der Waals surface area contributed by atoms with Gasteiger partial charge < -0.3 is 24.1 Å². The third-order valence-corrected chi connectivity index (χ3v) is 7.17. The van der Waals surface area contributed by atoms with Crippen molar-refractivity contribution < 1.29 is 33.6 Å². The summed E-state index contributed by atoms with van der Waals surface area (Å²) in [7, 11) is 1.57. The Morgan fingerprint density at radius 2 is 1.78 bits per heavy atom. The molecule has 2 atom stereocenters. The zero-order valence-corrected chi connectivity index (χ0v) is 22.7. The van der Waals surface area contributed by atoms with Crippen molar-refractivity contribution >= 4 is 11.8 Å². The maximum Gasteiger partial charge on any atom is 0.342 e. The molecule has 0 spiro atoms. The predicted molar refractivity (Wildman–Crippen MR) is 141 cm³/mol. The van der Waals surface area contributed by atoms with Crippen LogP contribution in [0.4, 0.5) is 0 Å². The number of aliphatic hydroxyl groups excluding tert-OH is 1. The number of benzene rings is 1. The van der Waals surface area contributed by atoms with Crippen molar-refractivity contribution in [2.24, 2.45) is 0 Å². The summed E-state index contributed by atoms with van der Waals surface area (Å²) in [6, 6.07) is 3.72. The van der Waals surface area contributed by atoms with Crippen LogP contribution < -0.4 is 9.47 Å². The Bertz CT molecular complexity index is 851. The molecular weight excluding hydrogens is 474 g/mol. The smallest absolute Gasteiger partial charge is 0.342 e. The minimum Gasteiger partial charge on any atom is -0.496 e. The number of esters is 1. The van der Waals surface area contributed by atoms with Crippen LogP contribution in [0.3, 0.4) is 0 Å². The van der Waals surface area contributed by atoms with Gasteiger partial charge in [0.25, 0.3) is 0 Å². The van der Waals surface area contributed by atoms with Crippen LogP contribution in [-0.2, 0) is 14.3 Å². The Labute approximate surface area is 221 Å². The fourth-order valence-corrected chi connectivity index (χ4v) is 4.94. The SMILES string of the molecule is COc1cc(OCCN2CCOCC2)cc2c1C(=O)OC2CCCCCCCCCC(=O)CCC(C)O. The van der Waals surface area contributed by atoms with E-state index in [4.69, 9.17) is 18.9 Å². The van der Waals surface area contributed by atoms with Crippen molar-refractivity contribution in [3.8, 4) is 11.5 Å². The largest absolute Gasteiger partial charge is 0.496 e. The van der Waals surface area contributed by atoms with Crippen molar-refractivity contribution in [2.45, 2.75) is 89.8 Å². The van der Waals surface area contributed by atoms with E-state index in [0.717, 1.165) is 89.8 Å². The quantitative estimate of drug-likeness (QED) is 0.217. The number of unbranched alkanes of at least 4 members (excludes halogenated alkanes) is 6. The number of ether oxygens (including phenoxy) is 4. The van der Waals surface area contributed by atoms with E-state index in [9.17, 15) is 14.7 Å². The monoisotopic (exact) mass is 519 g/mol. The number of carbonyl (C=O) groups is 2. The molecule has 0 amide bonds. The zero-order valence-electron chi connectivity index (χ0n) is 22.7. The lowest BCUT2D eigenvalue weighted by molar-refractivity contribution is -0.119. The number of nitrogens with zero attached hydrogens (tertiary/aromatic N) is 1. The molecule has 37 heavy (non-hydrogen) atoms. The number of hydrogen-bond acceptors (Lipinski definition) is 8. The number of hydrogen-bond donors (Lipinski definition) is 1. The topological polar surface area (TPSA) is 94.5 Å². The van der Waals surface area contributed by atoms with E-state index >= 15 is 0 Å². The maximum atomic E-state index is 12.5. The first-order chi connectivity index (χ1) is 18.0. The normalized spacial score (nSPS) is 18.4. The van der Waals surface area contributed by atoms with E-state index in [-0.39, 0.29) is 17.9 Å². The summed E-state index contributed by atoms with van der Waals surface area (Å²) in [6.07, 6.45) is 9.31. The third kappa shape index (κ3) is 9.91. The Morgan fingerprint density at radius 1 is 1.08 bits per heavy atom. The number of ketones is 1. The summed E-state index contributed by atoms with van der Waals surface area (Å²) in [5.41, 5.74) is 1.39. The summed E-state index contributed by atoms with van der Waals surface area (Å²) >= 11 is 0. The van der Waals surface area contributed by atoms with Crippen LogP contribution in [0.1, 0.15) is 99.6 Å². The number of rotatable bonds is 18. The fraction of sp³-hybridized carbons (Fsp3) is 0.724. The van der Waals surface area contributed by atoms with Gasteiger partial charge in [-0.25, -0.2) is 4.79 Å². The second kappa shape index (κ2) is 15.9. The minimum atomic E-state index is -0.395. The van der Waals surface area contributed by atoms with Crippen LogP contribution in [-0.4, -0.2) is 74.4 Å². The summed E-state index contributed by atoms with van der Waals surface area (Å²) in [6.45, 7) is 6.50. The van der Waals surface area contributed by atoms with Gasteiger partial charge in [0.1, 0.15) is 35.6 Å². The van der Waals surface area contributed by atoms with Gasteiger partial charge in [-0.1, -0.05) is 32.1 Å². The molecule has 2 heterocycles. The van der Waals surface area contributed by atoms with Crippen molar-refractivity contribution in [2.75, 3.05) is 46.6 Å². The number of carbonyl (C=O) groups excluding carboxylic acids is 2. The molecule has 1 fully saturated rings. The Kier molecular flexibility index (Phi) is 12.7. The molecule has 2 unspecified atom stereocenters. The van der Waals surface area contributed by atoms with Crippen LogP contribution in [0.25, 0.3) is 0 Å². The van der Waals surface area contributed by atoms with Crippen molar-refractivity contribution in [1.82, 2.24) is 4.90 Å². The number of aliphatic hydroxyl groups is 1. The highest BCUT2D eigenvalue weighted by Gasteiger charge is 2.34. The van der Waals surface area contributed by atoms with Crippen molar-refractivity contribution in [1.29, 1.82) is 0 Å². The van der Waals surface area contributed by atoms with Crippen LogP contribution in [0.5, 0.6) is 11.5 Å². The third-order valence-electron chi connectivity index (χ3n) is 7.17. The summed E-state index contributed by atoms with van der Waals surface area (Å²) in [5, 5.41) is 9.26. The molecule has 2 aliphatic heterocycles. The van der Waals surface area contributed by atoms with Crippen molar-refractivity contribution in [3.63, 3.8) is 0 Å². The van der Waals surface area contributed by atoms with Gasteiger partial charge in [-0.3, -0.25) is 9.69 Å². The van der Waals surface area contributed by atoms with E-state index in [2.05, 4.69) is 4.90 Å². The standard InChI is InChI=1S/C29H45NO7/c1-22(31)12-13-23(32)10-8-6-4-3-5-7-9-11-26-25-20-24(21-27(34-2)28(25)29(33)37-26)36-19-16-30-14-17-35-18-15-30/h20-22,26,31H,3-19H2,1-2H3. The molecule has 0 saturated carbocycles. The van der Waals surface area contributed by atoms with Gasteiger partial charge in [0.05, 0.1) is 26.4 Å². The maximum absolute atomic E-state index is 12.5. The zero-order chi connectivity index (χ0) is 26.5. The highest BCUT2D eigenvalue weighted by molar-refractivity contribution is 5.97. The Hall–Kier alpha value is -2.16. The average Bonchev–Trinajstić information content (AvgIpc) is 3.21. The second-order valence-corrected chi connectivity index (χ2v) is 10.2. The molecule has 3 rings (SSSR count). The molecule has 0 aliphatic carbocycles. The first-order valence-electron chi connectivity index (χ1n) is 14.0. The Morgan fingerprint density at radius 3 is 2.49 bits per heavy atom. The molecular formula is C29H45NO7. The molecule has 0 aromatic heterocycles. The fourth-order valence-electron chi connectivity index (χ4n) is 4.94. The average molecular weight is 520 g/mol. The molecule has 1 N–H and O–H groups in total. The van der Waals surface area contributed by atoms with Gasteiger partial charge in [0, 0.05) is 44.1 Å². The summed E-state index contributed by atoms with van der Waals surface area (Å²) in [4.78, 5) is 26.6. The Balaban J connectivity index is 1.36. The number of morpholine rings is 1. The number of methoxy groups -OCH3 is 1. The van der Waals surface area contributed by atoms with Crippen LogP contribution >= 0.6 is 0 Å². The van der Waals surface area contributed by atoms with Gasteiger partial charge in [0.15, 0.2) is 0 Å². The van der Waals surface area contributed by atoms with Crippen LogP contribution in [0.15, 0.2) is 12.1 Å². The van der Waals surface area contributed by atoms with E-state index in [1.807, 2.05) is 6.07 Å².